The van der Waals surface area contributed by atoms with Crippen molar-refractivity contribution in [2.75, 3.05) is 77.9 Å². The molecule has 9 heteroatoms. The predicted octanol–water partition coefficient (Wildman–Crippen LogP) is 7.31. The molecule has 0 amide bonds. The van der Waals surface area contributed by atoms with E-state index in [2.05, 4.69) is 96.6 Å². The first-order valence-corrected chi connectivity index (χ1v) is 18.4. The molecular weight excluding hydrogens is 585 g/mol. The van der Waals surface area contributed by atoms with E-state index in [0.717, 1.165) is 63.7 Å². The van der Waals surface area contributed by atoms with Crippen LogP contribution in [0.2, 0.25) is 0 Å². The SMILES string of the molecule is CN(C)c1ccc(SN2CCCN(CC3CCCCC3)CCCN(SN3CCC(c4ccccc4)CC3)C/C(=N/O)C2)cc1. The average molecular weight is 639 g/mol. The summed E-state index contributed by atoms with van der Waals surface area (Å²) in [6.45, 7) is 9.03. The van der Waals surface area contributed by atoms with Crippen LogP contribution in [0.4, 0.5) is 5.69 Å². The van der Waals surface area contributed by atoms with Gasteiger partial charge < -0.3 is 15.0 Å². The Hall–Kier alpha value is -1.75. The Morgan fingerprint density at radius 3 is 2.05 bits per heavy atom. The molecule has 1 N–H and O–H groups in total. The second kappa shape index (κ2) is 17.8. The molecule has 0 spiro atoms. The molecule has 5 rings (SSSR count). The molecule has 0 bridgehead atoms. The summed E-state index contributed by atoms with van der Waals surface area (Å²) in [6, 6.07) is 19.8. The Bertz CT molecular complexity index is 1120. The molecule has 2 heterocycles. The summed E-state index contributed by atoms with van der Waals surface area (Å²) in [4.78, 5) is 6.13. The number of hydrogen-bond acceptors (Lipinski definition) is 9. The Morgan fingerprint density at radius 2 is 1.39 bits per heavy atom. The summed E-state index contributed by atoms with van der Waals surface area (Å²) >= 11 is 3.68. The highest BCUT2D eigenvalue weighted by Gasteiger charge is 2.25. The van der Waals surface area contributed by atoms with Crippen LogP contribution in [0.1, 0.15) is 69.3 Å². The van der Waals surface area contributed by atoms with Crippen molar-refractivity contribution < 1.29 is 5.21 Å². The number of rotatable bonds is 8. The molecule has 3 aliphatic rings. The van der Waals surface area contributed by atoms with Crippen molar-refractivity contribution in [3.8, 4) is 0 Å². The zero-order chi connectivity index (χ0) is 30.6. The lowest BCUT2D eigenvalue weighted by Gasteiger charge is -2.36. The fourth-order valence-electron chi connectivity index (χ4n) is 6.91. The number of hydrogen-bond donors (Lipinski definition) is 1. The summed E-state index contributed by atoms with van der Waals surface area (Å²) in [5.74, 6) is 1.52. The normalized spacial score (nSPS) is 22.9. The van der Waals surface area contributed by atoms with Gasteiger partial charge in [-0.3, -0.25) is 0 Å². The molecule has 0 atom stereocenters. The van der Waals surface area contributed by atoms with Crippen LogP contribution >= 0.6 is 24.1 Å². The third kappa shape index (κ3) is 10.7. The summed E-state index contributed by atoms with van der Waals surface area (Å²) in [5.41, 5.74) is 3.53. The Kier molecular flexibility index (Phi) is 13.6. The van der Waals surface area contributed by atoms with Gasteiger partial charge in [-0.05, 0) is 105 Å². The molecule has 242 valence electrons. The topological polar surface area (TPSA) is 48.8 Å². The van der Waals surface area contributed by atoms with Gasteiger partial charge in [0.15, 0.2) is 0 Å². The van der Waals surface area contributed by atoms with Gasteiger partial charge >= 0.3 is 0 Å². The van der Waals surface area contributed by atoms with Crippen molar-refractivity contribution >= 4 is 35.5 Å². The fraction of sp³-hybridized carbons (Fsp3) is 0.629. The molecule has 1 aliphatic carbocycles. The monoisotopic (exact) mass is 638 g/mol. The van der Waals surface area contributed by atoms with Crippen LogP contribution < -0.4 is 4.90 Å². The van der Waals surface area contributed by atoms with E-state index < -0.39 is 0 Å². The second-order valence-corrected chi connectivity index (χ2v) is 15.4. The van der Waals surface area contributed by atoms with Crippen molar-refractivity contribution in [1.82, 2.24) is 17.8 Å². The molecule has 0 radical (unpaired) electrons. The highest BCUT2D eigenvalue weighted by molar-refractivity contribution is 7.97. The Labute approximate surface area is 275 Å². The van der Waals surface area contributed by atoms with E-state index in [1.807, 2.05) is 12.1 Å². The minimum Gasteiger partial charge on any atom is -0.411 e. The van der Waals surface area contributed by atoms with Crippen LogP contribution in [0.15, 0.2) is 64.6 Å². The van der Waals surface area contributed by atoms with E-state index in [0.29, 0.717) is 19.0 Å². The zero-order valence-corrected chi connectivity index (χ0v) is 28.7. The van der Waals surface area contributed by atoms with E-state index in [4.69, 9.17) is 0 Å². The standard InChI is InChI=1S/C35H54N6OS2/c1-37(2)34-15-17-35(18-16-34)43-40-23-9-21-38(27-30-11-5-3-6-12-30)22-10-24-41(29-33(28-40)36-42)44-39-25-19-32(20-26-39)31-13-7-4-8-14-31/h4,7-8,13-18,30,32,42H,3,5-6,9-12,19-29H2,1-2H3/b36-33+. The quantitative estimate of drug-likeness (QED) is 0.184. The van der Waals surface area contributed by atoms with E-state index >= 15 is 0 Å². The number of oxime groups is 1. The van der Waals surface area contributed by atoms with Gasteiger partial charge in [0, 0.05) is 69.5 Å². The molecule has 2 aromatic carbocycles. The summed E-state index contributed by atoms with van der Waals surface area (Å²) in [6.07, 6.45) is 11.7. The van der Waals surface area contributed by atoms with Crippen LogP contribution in [-0.2, 0) is 0 Å². The average Bonchev–Trinajstić information content (AvgIpc) is 3.05. The third-order valence-corrected chi connectivity index (χ3v) is 11.6. The summed E-state index contributed by atoms with van der Waals surface area (Å²) in [5, 5.41) is 14.0. The van der Waals surface area contributed by atoms with Crippen molar-refractivity contribution in [3.05, 3.63) is 60.2 Å². The molecule has 1 saturated carbocycles. The molecule has 0 unspecified atom stereocenters. The van der Waals surface area contributed by atoms with Gasteiger partial charge in [0.1, 0.15) is 0 Å². The van der Waals surface area contributed by atoms with Crippen LogP contribution in [0, 0.1) is 5.92 Å². The van der Waals surface area contributed by atoms with Gasteiger partial charge in [-0.1, -0.05) is 54.8 Å². The maximum atomic E-state index is 10.2. The second-order valence-electron chi connectivity index (χ2n) is 13.1. The van der Waals surface area contributed by atoms with Crippen LogP contribution in [0.5, 0.6) is 0 Å². The number of piperidine rings is 1. The van der Waals surface area contributed by atoms with Gasteiger partial charge in [0.05, 0.1) is 18.8 Å². The Morgan fingerprint density at radius 1 is 0.727 bits per heavy atom. The van der Waals surface area contributed by atoms with E-state index in [1.54, 1.807) is 11.9 Å². The van der Waals surface area contributed by atoms with Crippen LogP contribution in [0.25, 0.3) is 0 Å². The largest absolute Gasteiger partial charge is 0.411 e. The highest BCUT2D eigenvalue weighted by Crippen LogP contribution is 2.32. The number of benzene rings is 2. The minimum atomic E-state index is 0.652. The first-order valence-electron chi connectivity index (χ1n) is 16.9. The van der Waals surface area contributed by atoms with Crippen molar-refractivity contribution in [3.63, 3.8) is 0 Å². The van der Waals surface area contributed by atoms with E-state index in [9.17, 15) is 5.21 Å². The molecule has 2 aromatic rings. The van der Waals surface area contributed by atoms with Gasteiger partial charge in [-0.2, -0.15) is 0 Å². The Balaban J connectivity index is 1.24. The van der Waals surface area contributed by atoms with Crippen LogP contribution in [0.3, 0.4) is 0 Å². The fourth-order valence-corrected chi connectivity index (χ4v) is 9.02. The molecule has 7 nitrogen and oxygen atoms in total. The van der Waals surface area contributed by atoms with Crippen molar-refractivity contribution in [2.45, 2.75) is 68.6 Å². The van der Waals surface area contributed by atoms with Gasteiger partial charge in [-0.25, -0.2) is 12.9 Å². The summed E-state index contributed by atoms with van der Waals surface area (Å²) < 4.78 is 7.42. The molecular formula is C35H54N6OS2. The third-order valence-electron chi connectivity index (χ3n) is 9.41. The smallest absolute Gasteiger partial charge is 0.0870 e. The highest BCUT2D eigenvalue weighted by atomic mass is 32.2. The van der Waals surface area contributed by atoms with Crippen molar-refractivity contribution in [1.29, 1.82) is 0 Å². The lowest BCUT2D eigenvalue weighted by Crippen LogP contribution is -2.40. The maximum absolute atomic E-state index is 10.2. The predicted molar refractivity (Wildman–Crippen MR) is 189 cm³/mol. The first-order chi connectivity index (χ1) is 21.6. The van der Waals surface area contributed by atoms with E-state index in [1.165, 1.54) is 67.6 Å². The summed E-state index contributed by atoms with van der Waals surface area (Å²) in [7, 11) is 4.16. The lowest BCUT2D eigenvalue weighted by molar-refractivity contribution is 0.190. The van der Waals surface area contributed by atoms with Gasteiger partial charge in [0.25, 0.3) is 0 Å². The molecule has 2 saturated heterocycles. The zero-order valence-electron chi connectivity index (χ0n) is 27.0. The molecule has 2 aliphatic heterocycles. The number of anilines is 1. The molecule has 44 heavy (non-hydrogen) atoms. The lowest BCUT2D eigenvalue weighted by atomic mass is 9.89. The molecule has 0 aromatic heterocycles. The minimum absolute atomic E-state index is 0.652. The number of nitrogens with zero attached hydrogens (tertiary/aromatic N) is 6. The van der Waals surface area contributed by atoms with Gasteiger partial charge in [0.2, 0.25) is 0 Å². The maximum Gasteiger partial charge on any atom is 0.0870 e. The van der Waals surface area contributed by atoms with Crippen LogP contribution in [-0.4, -0.2) is 102 Å². The van der Waals surface area contributed by atoms with Gasteiger partial charge in [-0.15, -0.1) is 0 Å². The van der Waals surface area contributed by atoms with E-state index in [-0.39, 0.29) is 0 Å². The molecule has 3 fully saturated rings. The first kappa shape index (κ1) is 33.6. The van der Waals surface area contributed by atoms with Crippen molar-refractivity contribution in [2.24, 2.45) is 11.1 Å².